The monoisotopic (exact) mass is 212 g/mol. The molecule has 0 radical (unpaired) electrons. The Kier molecular flexibility index (Phi) is 3.21. The van der Waals surface area contributed by atoms with Gasteiger partial charge in [-0.3, -0.25) is 0 Å². The van der Waals surface area contributed by atoms with E-state index in [2.05, 4.69) is 11.4 Å². The largest absolute Gasteiger partial charge is 0.390 e. The number of hydrogen-bond acceptors (Lipinski definition) is 3. The number of hydrogen-bond donors (Lipinski definition) is 2. The van der Waals surface area contributed by atoms with E-state index in [0.717, 1.165) is 19.3 Å². The molecule has 0 saturated heterocycles. The molecule has 0 aliphatic heterocycles. The van der Waals surface area contributed by atoms with Crippen LogP contribution in [0.5, 0.6) is 0 Å². The molecule has 2 unspecified atom stereocenters. The zero-order valence-corrected chi connectivity index (χ0v) is 8.91. The third-order valence-electron chi connectivity index (χ3n) is 2.81. The van der Waals surface area contributed by atoms with Gasteiger partial charge in [-0.15, -0.1) is 0 Å². The van der Waals surface area contributed by atoms with Crippen LogP contribution in [0.1, 0.15) is 24.8 Å². The number of aliphatic hydroxyl groups is 2. The average molecular weight is 212 g/mol. The Morgan fingerprint density at radius 3 is 2.79 bits per heavy atom. The molecule has 1 fully saturated rings. The third-order valence-corrected chi connectivity index (χ3v) is 3.54. The molecule has 0 amide bonds. The van der Waals surface area contributed by atoms with Crippen molar-refractivity contribution in [3.8, 4) is 0 Å². The summed E-state index contributed by atoms with van der Waals surface area (Å²) in [7, 11) is 0. The summed E-state index contributed by atoms with van der Waals surface area (Å²) in [4.78, 5) is 0. The number of rotatable bonds is 5. The topological polar surface area (TPSA) is 40.5 Å². The number of aryl methyl sites for hydroxylation is 1. The zero-order chi connectivity index (χ0) is 9.97. The van der Waals surface area contributed by atoms with Crippen molar-refractivity contribution in [1.29, 1.82) is 0 Å². The summed E-state index contributed by atoms with van der Waals surface area (Å²) in [6, 6.07) is 2.07. The van der Waals surface area contributed by atoms with E-state index in [0.29, 0.717) is 12.3 Å². The van der Waals surface area contributed by atoms with Crippen LogP contribution < -0.4 is 0 Å². The minimum atomic E-state index is -0.539. The van der Waals surface area contributed by atoms with Crippen molar-refractivity contribution in [2.45, 2.75) is 37.9 Å². The van der Waals surface area contributed by atoms with E-state index in [1.165, 1.54) is 5.56 Å². The van der Waals surface area contributed by atoms with Gasteiger partial charge >= 0.3 is 0 Å². The number of thiophene rings is 1. The van der Waals surface area contributed by atoms with Gasteiger partial charge in [-0.1, -0.05) is 0 Å². The second-order valence-corrected chi connectivity index (χ2v) is 4.85. The second-order valence-electron chi connectivity index (χ2n) is 4.07. The lowest BCUT2D eigenvalue weighted by Gasteiger charge is -2.16. The molecule has 1 aliphatic rings. The molecular formula is C11H16O2S. The summed E-state index contributed by atoms with van der Waals surface area (Å²) in [5, 5.41) is 23.5. The standard InChI is InChI=1S/C11H16O2S/c12-10(11(13)9-2-3-9)4-1-8-5-6-14-7-8/h5-7,9-13H,1-4H2. The lowest BCUT2D eigenvalue weighted by molar-refractivity contribution is 0.00189. The molecule has 78 valence electrons. The van der Waals surface area contributed by atoms with E-state index < -0.39 is 12.2 Å². The van der Waals surface area contributed by atoms with Gasteiger partial charge in [-0.2, -0.15) is 11.3 Å². The van der Waals surface area contributed by atoms with Gasteiger partial charge in [0.05, 0.1) is 12.2 Å². The summed E-state index contributed by atoms with van der Waals surface area (Å²) >= 11 is 1.67. The Hall–Kier alpha value is -0.380. The second kappa shape index (κ2) is 4.43. The molecule has 0 bridgehead atoms. The highest BCUT2D eigenvalue weighted by molar-refractivity contribution is 7.07. The van der Waals surface area contributed by atoms with E-state index in [-0.39, 0.29) is 0 Å². The van der Waals surface area contributed by atoms with Crippen LogP contribution in [0, 0.1) is 5.92 Å². The van der Waals surface area contributed by atoms with Crippen molar-refractivity contribution in [3.05, 3.63) is 22.4 Å². The molecule has 2 rings (SSSR count). The first kappa shape index (κ1) is 10.1. The molecule has 1 saturated carbocycles. The van der Waals surface area contributed by atoms with E-state index in [4.69, 9.17) is 0 Å². The van der Waals surface area contributed by atoms with Crippen LogP contribution >= 0.6 is 11.3 Å². The molecule has 14 heavy (non-hydrogen) atoms. The van der Waals surface area contributed by atoms with Gasteiger partial charge < -0.3 is 10.2 Å². The van der Waals surface area contributed by atoms with Crippen molar-refractivity contribution in [1.82, 2.24) is 0 Å². The minimum absolute atomic E-state index is 0.368. The zero-order valence-electron chi connectivity index (χ0n) is 8.10. The Labute approximate surface area is 88.2 Å². The van der Waals surface area contributed by atoms with Gasteiger partial charge in [0.2, 0.25) is 0 Å². The summed E-state index contributed by atoms with van der Waals surface area (Å²) in [6.45, 7) is 0. The van der Waals surface area contributed by atoms with Crippen LogP contribution in [0.25, 0.3) is 0 Å². The highest BCUT2D eigenvalue weighted by Gasteiger charge is 2.33. The molecule has 1 aromatic rings. The van der Waals surface area contributed by atoms with Crippen LogP contribution in [-0.2, 0) is 6.42 Å². The Morgan fingerprint density at radius 1 is 1.43 bits per heavy atom. The molecule has 2 N–H and O–H groups in total. The van der Waals surface area contributed by atoms with Crippen LogP contribution in [-0.4, -0.2) is 22.4 Å². The molecule has 2 nitrogen and oxygen atoms in total. The fraction of sp³-hybridized carbons (Fsp3) is 0.636. The molecule has 1 heterocycles. The predicted octanol–water partition coefficient (Wildman–Crippen LogP) is 1.81. The SMILES string of the molecule is OC(CCc1ccsc1)C(O)C1CC1. The Morgan fingerprint density at radius 2 is 2.21 bits per heavy atom. The van der Waals surface area contributed by atoms with Gasteiger partial charge in [0.25, 0.3) is 0 Å². The van der Waals surface area contributed by atoms with Crippen LogP contribution in [0.15, 0.2) is 16.8 Å². The van der Waals surface area contributed by atoms with Crippen LogP contribution in [0.3, 0.4) is 0 Å². The molecule has 1 aliphatic carbocycles. The van der Waals surface area contributed by atoms with Crippen molar-refractivity contribution < 1.29 is 10.2 Å². The summed E-state index contributed by atoms with van der Waals surface area (Å²) in [6.07, 6.45) is 2.67. The van der Waals surface area contributed by atoms with Crippen molar-refractivity contribution in [2.24, 2.45) is 5.92 Å². The van der Waals surface area contributed by atoms with Gasteiger partial charge in [-0.05, 0) is 54.0 Å². The molecule has 2 atom stereocenters. The fourth-order valence-electron chi connectivity index (χ4n) is 1.67. The van der Waals surface area contributed by atoms with E-state index in [9.17, 15) is 10.2 Å². The Bertz CT molecular complexity index is 267. The molecule has 0 spiro atoms. The number of aliphatic hydroxyl groups excluding tert-OH is 2. The first-order valence-electron chi connectivity index (χ1n) is 5.14. The lowest BCUT2D eigenvalue weighted by Crippen LogP contribution is -2.28. The third kappa shape index (κ3) is 2.56. The smallest absolute Gasteiger partial charge is 0.0827 e. The summed E-state index contributed by atoms with van der Waals surface area (Å²) < 4.78 is 0. The van der Waals surface area contributed by atoms with Crippen LogP contribution in [0.4, 0.5) is 0 Å². The van der Waals surface area contributed by atoms with Crippen molar-refractivity contribution >= 4 is 11.3 Å². The first-order valence-corrected chi connectivity index (χ1v) is 6.09. The average Bonchev–Trinajstić information content (AvgIpc) is 2.91. The summed E-state index contributed by atoms with van der Waals surface area (Å²) in [5.41, 5.74) is 1.26. The molecule has 1 aromatic heterocycles. The quantitative estimate of drug-likeness (QED) is 0.781. The summed E-state index contributed by atoms with van der Waals surface area (Å²) in [5.74, 6) is 0.368. The van der Waals surface area contributed by atoms with E-state index in [1.807, 2.05) is 5.38 Å². The maximum Gasteiger partial charge on any atom is 0.0827 e. The fourth-order valence-corrected chi connectivity index (χ4v) is 2.38. The van der Waals surface area contributed by atoms with Gasteiger partial charge in [0.1, 0.15) is 0 Å². The predicted molar refractivity (Wildman–Crippen MR) is 57.4 cm³/mol. The van der Waals surface area contributed by atoms with E-state index in [1.54, 1.807) is 11.3 Å². The first-order chi connectivity index (χ1) is 6.77. The minimum Gasteiger partial charge on any atom is -0.390 e. The molecular weight excluding hydrogens is 196 g/mol. The highest BCUT2D eigenvalue weighted by Crippen LogP contribution is 2.34. The maximum absolute atomic E-state index is 9.68. The van der Waals surface area contributed by atoms with Gasteiger partial charge in [0.15, 0.2) is 0 Å². The molecule has 3 heteroatoms. The van der Waals surface area contributed by atoms with Gasteiger partial charge in [-0.25, -0.2) is 0 Å². The van der Waals surface area contributed by atoms with Gasteiger partial charge in [0, 0.05) is 0 Å². The van der Waals surface area contributed by atoms with Crippen LogP contribution in [0.2, 0.25) is 0 Å². The highest BCUT2D eigenvalue weighted by atomic mass is 32.1. The lowest BCUT2D eigenvalue weighted by atomic mass is 10.0. The molecule has 0 aromatic carbocycles. The normalized spacial score (nSPS) is 20.7. The van der Waals surface area contributed by atoms with Crippen molar-refractivity contribution in [2.75, 3.05) is 0 Å². The van der Waals surface area contributed by atoms with E-state index >= 15 is 0 Å². The Balaban J connectivity index is 1.74. The maximum atomic E-state index is 9.68. The van der Waals surface area contributed by atoms with Crippen molar-refractivity contribution in [3.63, 3.8) is 0 Å².